The fraction of sp³-hybridized carbons (Fsp3) is 0.553. The minimum Gasteiger partial charge on any atom is -0.461 e. The number of unbranched alkanes of at least 4 members (excludes halogenated alkanes) is 5. The highest BCUT2D eigenvalue weighted by Crippen LogP contribution is 2.40. The molecule has 0 heterocycles. The summed E-state index contributed by atoms with van der Waals surface area (Å²) in [6.07, 6.45) is 40.5. The van der Waals surface area contributed by atoms with Crippen molar-refractivity contribution >= 4 is 5.97 Å². The molecule has 0 N–H and O–H groups in total. The van der Waals surface area contributed by atoms with Crippen molar-refractivity contribution in [3.63, 3.8) is 0 Å². The minimum absolute atomic E-state index is 0.0923. The van der Waals surface area contributed by atoms with E-state index in [0.29, 0.717) is 13.0 Å². The highest BCUT2D eigenvalue weighted by molar-refractivity contribution is 5.69. The molecule has 1 aliphatic rings. The first kappa shape index (κ1) is 35.4. The third-order valence-corrected chi connectivity index (χ3v) is 7.45. The molecule has 0 spiro atoms. The third-order valence-electron chi connectivity index (χ3n) is 7.45. The van der Waals surface area contributed by atoms with Crippen LogP contribution in [0.2, 0.25) is 0 Å². The Morgan fingerprint density at radius 3 is 2.27 bits per heavy atom. The van der Waals surface area contributed by atoms with Gasteiger partial charge in [-0.25, -0.2) is 0 Å². The molecule has 0 unspecified atom stereocenters. The Morgan fingerprint density at radius 2 is 1.55 bits per heavy atom. The second-order valence-corrected chi connectivity index (χ2v) is 11.8. The zero-order valence-electron chi connectivity index (χ0n) is 26.6. The maximum Gasteiger partial charge on any atom is 0.306 e. The predicted octanol–water partition coefficient (Wildman–Crippen LogP) is 11.7. The molecule has 0 bridgehead atoms. The number of ether oxygens (including phenoxy) is 1. The molecule has 1 rings (SSSR count). The van der Waals surface area contributed by atoms with E-state index in [9.17, 15) is 4.79 Å². The van der Waals surface area contributed by atoms with E-state index in [1.807, 2.05) is 13.0 Å². The van der Waals surface area contributed by atoms with Gasteiger partial charge in [0, 0.05) is 6.42 Å². The molecule has 0 saturated heterocycles. The first-order valence-corrected chi connectivity index (χ1v) is 15.8. The fourth-order valence-electron chi connectivity index (χ4n) is 4.93. The van der Waals surface area contributed by atoms with Crippen molar-refractivity contribution in [1.29, 1.82) is 0 Å². The second-order valence-electron chi connectivity index (χ2n) is 11.8. The molecule has 0 amide bonds. The Balaban J connectivity index is 2.15. The summed E-state index contributed by atoms with van der Waals surface area (Å²) in [5.74, 6) is -0.0923. The van der Waals surface area contributed by atoms with Crippen LogP contribution in [0, 0.1) is 5.41 Å². The van der Waals surface area contributed by atoms with E-state index in [2.05, 4.69) is 101 Å². The van der Waals surface area contributed by atoms with Gasteiger partial charge < -0.3 is 4.74 Å². The van der Waals surface area contributed by atoms with Gasteiger partial charge in [-0.1, -0.05) is 124 Å². The maximum atomic E-state index is 12.0. The molecule has 0 aliphatic heterocycles. The molecule has 0 aromatic rings. The Hall–Kier alpha value is -2.61. The van der Waals surface area contributed by atoms with Crippen molar-refractivity contribution in [3.8, 4) is 0 Å². The Kier molecular flexibility index (Phi) is 19.6. The molecule has 2 nitrogen and oxygen atoms in total. The van der Waals surface area contributed by atoms with Gasteiger partial charge >= 0.3 is 5.97 Å². The van der Waals surface area contributed by atoms with Crippen LogP contribution in [0.25, 0.3) is 0 Å². The van der Waals surface area contributed by atoms with Crippen molar-refractivity contribution in [2.45, 2.75) is 125 Å². The zero-order chi connectivity index (χ0) is 29.5. The lowest BCUT2D eigenvalue weighted by atomic mass is 9.72. The third kappa shape index (κ3) is 17.9. The van der Waals surface area contributed by atoms with Gasteiger partial charge in [-0.15, -0.1) is 0 Å². The predicted molar refractivity (Wildman–Crippen MR) is 176 cm³/mol. The molecule has 0 aromatic carbocycles. The lowest BCUT2D eigenvalue weighted by Gasteiger charge is -2.32. The van der Waals surface area contributed by atoms with Gasteiger partial charge in [0.05, 0.1) is 0 Å². The average Bonchev–Trinajstić information content (AvgIpc) is 2.90. The van der Waals surface area contributed by atoms with E-state index in [-0.39, 0.29) is 11.4 Å². The molecule has 2 heteroatoms. The fourth-order valence-corrected chi connectivity index (χ4v) is 4.93. The molecule has 40 heavy (non-hydrogen) atoms. The van der Waals surface area contributed by atoms with Crippen LogP contribution < -0.4 is 0 Å². The topological polar surface area (TPSA) is 26.3 Å². The minimum atomic E-state index is -0.0923. The van der Waals surface area contributed by atoms with E-state index in [0.717, 1.165) is 44.1 Å². The molecule has 0 saturated carbocycles. The van der Waals surface area contributed by atoms with Gasteiger partial charge in [0.15, 0.2) is 0 Å². The summed E-state index contributed by atoms with van der Waals surface area (Å²) in [6, 6.07) is 0. The first-order chi connectivity index (χ1) is 19.3. The van der Waals surface area contributed by atoms with Crippen LogP contribution >= 0.6 is 0 Å². The van der Waals surface area contributed by atoms with Crippen molar-refractivity contribution in [3.05, 3.63) is 95.2 Å². The van der Waals surface area contributed by atoms with Gasteiger partial charge in [-0.2, -0.15) is 0 Å². The summed E-state index contributed by atoms with van der Waals surface area (Å²) < 4.78 is 5.40. The summed E-state index contributed by atoms with van der Waals surface area (Å²) in [7, 11) is 0. The quantitative estimate of drug-likeness (QED) is 0.0697. The van der Waals surface area contributed by atoms with Crippen LogP contribution in [0.1, 0.15) is 125 Å². The average molecular weight is 547 g/mol. The smallest absolute Gasteiger partial charge is 0.306 e. The molecule has 0 aromatic heterocycles. The summed E-state index contributed by atoms with van der Waals surface area (Å²) in [4.78, 5) is 12.0. The Labute approximate surface area is 247 Å². The maximum absolute atomic E-state index is 12.0. The van der Waals surface area contributed by atoms with Gasteiger partial charge in [0.25, 0.3) is 0 Å². The number of hydrogen-bond donors (Lipinski definition) is 0. The van der Waals surface area contributed by atoms with Crippen molar-refractivity contribution in [1.82, 2.24) is 0 Å². The van der Waals surface area contributed by atoms with Crippen LogP contribution in [0.5, 0.6) is 0 Å². The summed E-state index contributed by atoms with van der Waals surface area (Å²) in [5.41, 5.74) is 5.62. The van der Waals surface area contributed by atoms with Crippen LogP contribution in [0.3, 0.4) is 0 Å². The van der Waals surface area contributed by atoms with Crippen molar-refractivity contribution < 1.29 is 9.53 Å². The van der Waals surface area contributed by atoms with Gasteiger partial charge in [0.1, 0.15) is 6.61 Å². The molecule has 0 fully saturated rings. The largest absolute Gasteiger partial charge is 0.461 e. The normalized spacial score (nSPS) is 17.1. The van der Waals surface area contributed by atoms with Crippen LogP contribution in [0.15, 0.2) is 95.2 Å². The van der Waals surface area contributed by atoms with Gasteiger partial charge in [-0.05, 0) is 95.6 Å². The number of allylic oxidation sites excluding steroid dienone is 15. The number of esters is 1. The molecular weight excluding hydrogens is 488 g/mol. The Bertz CT molecular complexity index is 959. The SMILES string of the molecule is CC/C=C\C/C=C\C/C=C\CCCCCCCC(=O)OC/C=C(C)/C=C/C=C(C)/C=C/C1=C(C)CCCC1(C)C. The van der Waals surface area contributed by atoms with E-state index in [1.54, 1.807) is 0 Å². The van der Waals surface area contributed by atoms with Crippen LogP contribution in [0.4, 0.5) is 0 Å². The van der Waals surface area contributed by atoms with Gasteiger partial charge in [-0.3, -0.25) is 4.79 Å². The number of carbonyl (C=O) groups is 1. The van der Waals surface area contributed by atoms with Gasteiger partial charge in [0.2, 0.25) is 0 Å². The first-order valence-electron chi connectivity index (χ1n) is 15.8. The molecule has 222 valence electrons. The summed E-state index contributed by atoms with van der Waals surface area (Å²) in [6.45, 7) is 13.7. The molecule has 1 aliphatic carbocycles. The molecule has 0 atom stereocenters. The summed E-state index contributed by atoms with van der Waals surface area (Å²) >= 11 is 0. The highest BCUT2D eigenvalue weighted by Gasteiger charge is 2.26. The molecule has 0 radical (unpaired) electrons. The van der Waals surface area contributed by atoms with E-state index >= 15 is 0 Å². The van der Waals surface area contributed by atoms with Crippen molar-refractivity contribution in [2.24, 2.45) is 5.41 Å². The van der Waals surface area contributed by atoms with Crippen LogP contribution in [-0.4, -0.2) is 12.6 Å². The lowest BCUT2D eigenvalue weighted by molar-refractivity contribution is -0.142. The summed E-state index contributed by atoms with van der Waals surface area (Å²) in [5, 5.41) is 0. The number of carbonyl (C=O) groups excluding carboxylic acids is 1. The zero-order valence-corrected chi connectivity index (χ0v) is 26.6. The number of rotatable bonds is 19. The van der Waals surface area contributed by atoms with E-state index < -0.39 is 0 Å². The van der Waals surface area contributed by atoms with Crippen molar-refractivity contribution in [2.75, 3.05) is 6.61 Å². The monoisotopic (exact) mass is 546 g/mol. The number of hydrogen-bond acceptors (Lipinski definition) is 2. The lowest BCUT2D eigenvalue weighted by Crippen LogP contribution is -2.19. The standard InChI is InChI=1S/C38H58O2/c1-7-8-9-10-11-12-13-14-15-16-17-18-19-20-21-27-37(39)40-32-30-34(3)25-22-24-33(2)28-29-36-35(4)26-23-31-38(36,5)6/h8-9,11-12,14-15,22,24-25,28-30H,7,10,13,16-21,23,26-27,31-32H2,1-6H3/b9-8-,12-11-,15-14-,25-22+,29-28+,33-24+,34-30+. The van der Waals surface area contributed by atoms with E-state index in [4.69, 9.17) is 4.74 Å². The molecular formula is C38H58O2. The van der Waals surface area contributed by atoms with E-state index in [1.165, 1.54) is 55.2 Å². The second kappa shape index (κ2) is 22.1. The van der Waals surface area contributed by atoms with Crippen LogP contribution in [-0.2, 0) is 9.53 Å². The Morgan fingerprint density at radius 1 is 0.875 bits per heavy atom. The highest BCUT2D eigenvalue weighted by atomic mass is 16.5.